The number of nitrogens with one attached hydrogen (secondary N) is 2. The van der Waals surface area contributed by atoms with Crippen LogP contribution in [0.5, 0.6) is 11.5 Å². The van der Waals surface area contributed by atoms with Crippen LogP contribution in [0.2, 0.25) is 15.1 Å². The molecule has 206 valence electrons. The first kappa shape index (κ1) is 29.7. The number of nitrogens with zero attached hydrogens (tertiary/aromatic N) is 1. The Balaban J connectivity index is 1.56. The molecule has 0 aromatic heterocycles. The van der Waals surface area contributed by atoms with Crippen LogP contribution < -0.4 is 25.0 Å². The zero-order valence-corrected chi connectivity index (χ0v) is 25.2. The summed E-state index contributed by atoms with van der Waals surface area (Å²) in [5.74, 6) is -1.59. The molecule has 1 saturated heterocycles. The van der Waals surface area contributed by atoms with Crippen LogP contribution in [0.1, 0.15) is 11.1 Å². The Morgan fingerprint density at radius 3 is 2.45 bits per heavy atom. The molecule has 1 aliphatic heterocycles. The second-order valence-corrected chi connectivity index (χ2v) is 10.8. The van der Waals surface area contributed by atoms with Gasteiger partial charge in [0, 0.05) is 10.7 Å². The van der Waals surface area contributed by atoms with Crippen LogP contribution in [0, 0.1) is 10.5 Å². The van der Waals surface area contributed by atoms with Crippen LogP contribution in [-0.4, -0.2) is 37.5 Å². The second kappa shape index (κ2) is 12.5. The first-order valence-corrected chi connectivity index (χ1v) is 13.6. The molecule has 3 aromatic rings. The van der Waals surface area contributed by atoms with Gasteiger partial charge in [-0.15, -0.1) is 0 Å². The number of benzene rings is 3. The molecule has 0 radical (unpaired) electrons. The van der Waals surface area contributed by atoms with E-state index in [0.29, 0.717) is 19.8 Å². The molecule has 13 heteroatoms. The molecule has 1 heterocycles. The third-order valence-corrected chi connectivity index (χ3v) is 7.58. The van der Waals surface area contributed by atoms with Gasteiger partial charge >= 0.3 is 6.03 Å². The fourth-order valence-electron chi connectivity index (χ4n) is 3.65. The van der Waals surface area contributed by atoms with Crippen molar-refractivity contribution in [3.63, 3.8) is 0 Å². The lowest BCUT2D eigenvalue weighted by molar-refractivity contribution is -0.122. The van der Waals surface area contributed by atoms with Crippen molar-refractivity contribution >= 4 is 98.6 Å². The van der Waals surface area contributed by atoms with Crippen molar-refractivity contribution in [2.75, 3.05) is 23.9 Å². The number of ether oxygens (including phenoxy) is 2. The topological polar surface area (TPSA) is 114 Å². The van der Waals surface area contributed by atoms with Gasteiger partial charge in [0.2, 0.25) is 0 Å². The molecule has 0 bridgehead atoms. The summed E-state index contributed by atoms with van der Waals surface area (Å²) in [6, 6.07) is 11.6. The van der Waals surface area contributed by atoms with Gasteiger partial charge in [-0.2, -0.15) is 0 Å². The summed E-state index contributed by atoms with van der Waals surface area (Å²) in [5, 5.41) is 5.75. The van der Waals surface area contributed by atoms with E-state index in [4.69, 9.17) is 44.3 Å². The van der Waals surface area contributed by atoms with Crippen molar-refractivity contribution < 1.29 is 28.7 Å². The molecule has 5 amide bonds. The molecule has 1 aliphatic rings. The van der Waals surface area contributed by atoms with Gasteiger partial charge in [-0.3, -0.25) is 19.7 Å². The number of hydrogen-bond acceptors (Lipinski definition) is 6. The maximum absolute atomic E-state index is 13.2. The highest BCUT2D eigenvalue weighted by Gasteiger charge is 2.37. The summed E-state index contributed by atoms with van der Waals surface area (Å²) in [6.07, 6.45) is 1.32. The fourth-order valence-corrected chi connectivity index (χ4v) is 4.91. The molecule has 0 spiro atoms. The van der Waals surface area contributed by atoms with E-state index in [1.165, 1.54) is 37.5 Å². The largest absolute Gasteiger partial charge is 0.493 e. The number of urea groups is 1. The highest BCUT2D eigenvalue weighted by molar-refractivity contribution is 14.1. The maximum Gasteiger partial charge on any atom is 0.335 e. The van der Waals surface area contributed by atoms with E-state index < -0.39 is 23.8 Å². The number of barbiturate groups is 1. The number of hydrogen-bond donors (Lipinski definition) is 2. The van der Waals surface area contributed by atoms with Crippen LogP contribution in [0.25, 0.3) is 6.08 Å². The number of anilines is 2. The van der Waals surface area contributed by atoms with Crippen molar-refractivity contribution in [3.8, 4) is 11.5 Å². The monoisotopic (exact) mass is 713 g/mol. The summed E-state index contributed by atoms with van der Waals surface area (Å²) in [7, 11) is 1.41. The zero-order valence-electron chi connectivity index (χ0n) is 20.8. The Morgan fingerprint density at radius 2 is 1.77 bits per heavy atom. The van der Waals surface area contributed by atoms with Gasteiger partial charge in [0.25, 0.3) is 17.7 Å². The first-order valence-electron chi connectivity index (χ1n) is 11.4. The molecule has 40 heavy (non-hydrogen) atoms. The molecule has 3 aromatic carbocycles. The highest BCUT2D eigenvalue weighted by Crippen LogP contribution is 2.35. The number of imide groups is 2. The van der Waals surface area contributed by atoms with Gasteiger partial charge < -0.3 is 14.8 Å². The minimum absolute atomic E-state index is 0.133. The van der Waals surface area contributed by atoms with Crippen molar-refractivity contribution in [2.24, 2.45) is 0 Å². The Hall–Kier alpha value is -3.32. The van der Waals surface area contributed by atoms with E-state index in [1.54, 1.807) is 24.3 Å². The molecule has 9 nitrogen and oxygen atoms in total. The van der Waals surface area contributed by atoms with Crippen molar-refractivity contribution in [1.82, 2.24) is 5.32 Å². The SMILES string of the molecule is COc1cc(/C=C2/C(=O)NC(=O)N(c3ccc(Cl)c(Cl)c3)C2=O)cc(I)c1OCC(=O)Nc1ccc(C)c(Cl)c1. The van der Waals surface area contributed by atoms with Crippen LogP contribution in [0.3, 0.4) is 0 Å². The number of amides is 5. The van der Waals surface area contributed by atoms with Gasteiger partial charge in [0.15, 0.2) is 18.1 Å². The molecular weight excluding hydrogens is 696 g/mol. The molecule has 1 fully saturated rings. The average molecular weight is 715 g/mol. The number of rotatable bonds is 7. The smallest absolute Gasteiger partial charge is 0.335 e. The number of carbonyl (C=O) groups is 4. The lowest BCUT2D eigenvalue weighted by Gasteiger charge is -2.26. The Labute approximate surface area is 257 Å². The maximum atomic E-state index is 13.2. The van der Waals surface area contributed by atoms with Gasteiger partial charge in [-0.25, -0.2) is 9.69 Å². The van der Waals surface area contributed by atoms with Gasteiger partial charge in [0.1, 0.15) is 5.57 Å². The Kier molecular flexibility index (Phi) is 9.24. The van der Waals surface area contributed by atoms with E-state index in [1.807, 2.05) is 29.5 Å². The van der Waals surface area contributed by atoms with E-state index >= 15 is 0 Å². The van der Waals surface area contributed by atoms with E-state index in [0.717, 1.165) is 10.5 Å². The average Bonchev–Trinajstić information content (AvgIpc) is 2.89. The molecule has 0 unspecified atom stereocenters. The minimum Gasteiger partial charge on any atom is -0.493 e. The molecule has 0 saturated carbocycles. The predicted molar refractivity (Wildman–Crippen MR) is 161 cm³/mol. The number of methoxy groups -OCH3 is 1. The van der Waals surface area contributed by atoms with Gasteiger partial charge in [-0.1, -0.05) is 40.9 Å². The number of aryl methyl sites for hydroxylation is 1. The van der Waals surface area contributed by atoms with Crippen molar-refractivity contribution in [1.29, 1.82) is 0 Å². The van der Waals surface area contributed by atoms with Crippen LogP contribution >= 0.6 is 57.4 Å². The molecule has 2 N–H and O–H groups in total. The van der Waals surface area contributed by atoms with Crippen molar-refractivity contribution in [3.05, 3.63) is 83.9 Å². The van der Waals surface area contributed by atoms with Crippen LogP contribution in [-0.2, 0) is 14.4 Å². The molecule has 0 atom stereocenters. The summed E-state index contributed by atoms with van der Waals surface area (Å²) >= 11 is 20.1. The Morgan fingerprint density at radius 1 is 1.02 bits per heavy atom. The lowest BCUT2D eigenvalue weighted by atomic mass is 10.1. The number of carbonyl (C=O) groups excluding carboxylic acids is 4. The first-order chi connectivity index (χ1) is 19.0. The Bertz CT molecular complexity index is 1590. The van der Waals surface area contributed by atoms with E-state index in [9.17, 15) is 19.2 Å². The third-order valence-electron chi connectivity index (χ3n) is 5.63. The zero-order chi connectivity index (χ0) is 29.1. The van der Waals surface area contributed by atoms with Crippen LogP contribution in [0.15, 0.2) is 54.1 Å². The number of halogens is 4. The second-order valence-electron chi connectivity index (χ2n) is 8.39. The lowest BCUT2D eigenvalue weighted by Crippen LogP contribution is -2.54. The summed E-state index contributed by atoms with van der Waals surface area (Å²) in [6.45, 7) is 1.53. The molecule has 0 aliphatic carbocycles. The molecular formula is C27H19Cl3IN3O6. The van der Waals surface area contributed by atoms with Gasteiger partial charge in [-0.05, 0) is 89.2 Å². The van der Waals surface area contributed by atoms with Crippen molar-refractivity contribution in [2.45, 2.75) is 6.92 Å². The van der Waals surface area contributed by atoms with Crippen LogP contribution in [0.4, 0.5) is 16.2 Å². The van der Waals surface area contributed by atoms with E-state index in [2.05, 4.69) is 10.6 Å². The van der Waals surface area contributed by atoms with Gasteiger partial charge in [0.05, 0.1) is 26.4 Å². The predicted octanol–water partition coefficient (Wildman–Crippen LogP) is 6.25. The summed E-state index contributed by atoms with van der Waals surface area (Å²) in [4.78, 5) is 51.5. The standard InChI is InChI=1S/C27H19Cl3IN3O6/c1-13-3-4-15(10-19(13)29)32-23(35)12-40-24-21(31)8-14(9-22(24)39-2)7-17-25(36)33-27(38)34(26(17)37)16-5-6-18(28)20(30)11-16/h3-11H,12H2,1-2H3,(H,32,35)(H,33,36,38)/b17-7-. The fraction of sp³-hybridized carbons (Fsp3) is 0.111. The normalized spacial score (nSPS) is 14.3. The molecule has 4 rings (SSSR count). The van der Waals surface area contributed by atoms with E-state index in [-0.39, 0.29) is 39.4 Å². The third kappa shape index (κ3) is 6.52. The minimum atomic E-state index is -0.923. The highest BCUT2D eigenvalue weighted by atomic mass is 127. The summed E-state index contributed by atoms with van der Waals surface area (Å²) < 4.78 is 11.7. The quantitative estimate of drug-likeness (QED) is 0.170. The summed E-state index contributed by atoms with van der Waals surface area (Å²) in [5.41, 5.74) is 1.66.